The third-order valence-corrected chi connectivity index (χ3v) is 5.96. The molecule has 0 radical (unpaired) electrons. The van der Waals surface area contributed by atoms with E-state index in [2.05, 4.69) is 10.3 Å². The van der Waals surface area contributed by atoms with Crippen molar-refractivity contribution in [2.45, 2.75) is 11.4 Å². The summed E-state index contributed by atoms with van der Waals surface area (Å²) in [6, 6.07) is 10.0. The van der Waals surface area contributed by atoms with E-state index >= 15 is 0 Å². The highest BCUT2D eigenvalue weighted by Crippen LogP contribution is 2.30. The number of imidazole rings is 1. The highest BCUT2D eigenvalue weighted by atomic mass is 32.2. The fourth-order valence-corrected chi connectivity index (χ4v) is 4.06. The Morgan fingerprint density at radius 2 is 1.92 bits per heavy atom. The molecule has 1 aliphatic heterocycles. The van der Waals surface area contributed by atoms with Crippen LogP contribution in [0.25, 0.3) is 22.4 Å². The molecule has 0 atom stereocenters. The maximum atomic E-state index is 13.9. The molecular weight excluding hydrogens is 341 g/mol. The van der Waals surface area contributed by atoms with Crippen molar-refractivity contribution in [2.24, 2.45) is 0 Å². The van der Waals surface area contributed by atoms with Crippen LogP contribution in [0.1, 0.15) is 10.4 Å². The fourth-order valence-electron chi connectivity index (χ4n) is 3.19. The van der Waals surface area contributed by atoms with Crippen molar-refractivity contribution in [3.05, 3.63) is 47.8 Å². The molecule has 0 spiro atoms. The molecule has 2 heterocycles. The first kappa shape index (κ1) is 16.0. The number of hydrogen-bond donors (Lipinski definition) is 2. The van der Waals surface area contributed by atoms with Crippen LogP contribution in [0.5, 0.6) is 0 Å². The molecule has 0 bridgehead atoms. The number of rotatable bonds is 2. The lowest BCUT2D eigenvalue weighted by Gasteiger charge is -2.13. The Hall–Kier alpha value is -2.54. The molecule has 1 aromatic heterocycles. The molecule has 0 aliphatic carbocycles. The average Bonchev–Trinajstić information content (AvgIpc) is 2.82. The van der Waals surface area contributed by atoms with Crippen LogP contribution in [0.15, 0.2) is 41.3 Å². The van der Waals surface area contributed by atoms with Crippen LogP contribution in [0, 0.1) is 5.82 Å². The van der Waals surface area contributed by atoms with Gasteiger partial charge < -0.3 is 9.88 Å². The van der Waals surface area contributed by atoms with Crippen molar-refractivity contribution >= 4 is 26.9 Å². The van der Waals surface area contributed by atoms with E-state index in [9.17, 15) is 13.4 Å². The molecule has 130 valence electrons. The smallest absolute Gasteiger partial charge is 0.253 e. The topological polar surface area (TPSA) is 64.0 Å². The van der Waals surface area contributed by atoms with Gasteiger partial charge in [0.05, 0.1) is 16.6 Å². The van der Waals surface area contributed by atoms with Gasteiger partial charge in [0.15, 0.2) is 0 Å². The van der Waals surface area contributed by atoms with E-state index < -0.39 is 15.7 Å². The predicted molar refractivity (Wildman–Crippen MR) is 97.1 cm³/mol. The molecule has 0 saturated carbocycles. The van der Waals surface area contributed by atoms with Crippen LogP contribution >= 0.6 is 0 Å². The average molecular weight is 359 g/mol. The largest absolute Gasteiger partial charge is 0.350 e. The van der Waals surface area contributed by atoms with Gasteiger partial charge in [0.2, 0.25) is 0 Å². The van der Waals surface area contributed by atoms with E-state index in [1.54, 1.807) is 12.5 Å². The Morgan fingerprint density at radius 1 is 1.20 bits per heavy atom. The first-order valence-electron chi connectivity index (χ1n) is 7.98. The molecule has 1 aliphatic rings. The van der Waals surface area contributed by atoms with Gasteiger partial charge in [-0.2, -0.15) is 0 Å². The monoisotopic (exact) mass is 359 g/mol. The van der Waals surface area contributed by atoms with Gasteiger partial charge in [0.1, 0.15) is 11.6 Å². The minimum atomic E-state index is -2.33. The van der Waals surface area contributed by atoms with E-state index in [4.69, 9.17) is 0 Å². The van der Waals surface area contributed by atoms with Gasteiger partial charge in [-0.1, -0.05) is 22.1 Å². The van der Waals surface area contributed by atoms with Crippen LogP contribution < -0.4 is 5.32 Å². The van der Waals surface area contributed by atoms with Crippen molar-refractivity contribution in [2.75, 3.05) is 19.1 Å². The quantitative estimate of drug-likeness (QED) is 0.690. The lowest BCUT2D eigenvalue weighted by molar-refractivity contribution is 0.0956. The summed E-state index contributed by atoms with van der Waals surface area (Å²) < 4.78 is 28.0. The second kappa shape index (κ2) is 5.49. The minimum Gasteiger partial charge on any atom is -0.350 e. The molecule has 0 saturated heterocycles. The number of aromatic nitrogens is 2. The third kappa shape index (κ3) is 2.64. The van der Waals surface area contributed by atoms with Crippen LogP contribution in [-0.4, -0.2) is 38.7 Å². The van der Waals surface area contributed by atoms with Crippen molar-refractivity contribution in [3.8, 4) is 11.4 Å². The van der Waals surface area contributed by atoms with E-state index in [0.29, 0.717) is 35.5 Å². The number of thiol groups is 1. The molecule has 1 N–H and O–H groups in total. The Balaban J connectivity index is 1.94. The van der Waals surface area contributed by atoms with Gasteiger partial charge in [0.25, 0.3) is 5.91 Å². The molecule has 5 nitrogen and oxygen atoms in total. The Labute approximate surface area is 145 Å². The fraction of sp³-hybridized carbons (Fsp3) is 0.222. The van der Waals surface area contributed by atoms with E-state index in [1.165, 1.54) is 12.1 Å². The van der Waals surface area contributed by atoms with E-state index in [1.807, 2.05) is 28.8 Å². The van der Waals surface area contributed by atoms with Gasteiger partial charge in [0, 0.05) is 29.6 Å². The SMILES string of the molecule is C[SH](C)(=O)c1ccc(-c2nc3cc(F)cc4c3n2CCNC4=O)cc1. The van der Waals surface area contributed by atoms with Gasteiger partial charge in [-0.05, 0) is 30.7 Å². The van der Waals surface area contributed by atoms with Gasteiger partial charge in [-0.15, -0.1) is 0 Å². The van der Waals surface area contributed by atoms with Crippen LogP contribution in [0.4, 0.5) is 4.39 Å². The Kier molecular flexibility index (Phi) is 3.50. The number of nitrogens with one attached hydrogen (secondary N) is 1. The third-order valence-electron chi connectivity index (χ3n) is 4.42. The first-order valence-corrected chi connectivity index (χ1v) is 10.6. The number of carbonyl (C=O) groups is 1. The molecular formula is C18H18FN3O2S. The number of nitrogens with zero attached hydrogens (tertiary/aromatic N) is 2. The summed E-state index contributed by atoms with van der Waals surface area (Å²) in [5, 5.41) is 2.78. The lowest BCUT2D eigenvalue weighted by atomic mass is 10.1. The number of halogens is 1. The number of amides is 1. The molecule has 4 rings (SSSR count). The molecule has 1 amide bonds. The second-order valence-corrected chi connectivity index (χ2v) is 9.78. The van der Waals surface area contributed by atoms with Crippen molar-refractivity contribution in [3.63, 3.8) is 0 Å². The standard InChI is InChI=1S/C18H18FN3O2S/c1-25(2,24)13-5-3-11(4-6-13)17-21-15-10-12(19)9-14-16(15)22(17)8-7-20-18(14)23/h3-6,9-10,25H,7-8H2,1-2H3,(H,20,23). The normalized spacial score (nSPS) is 15.1. The summed E-state index contributed by atoms with van der Waals surface area (Å²) in [6.45, 7) is 1.00. The van der Waals surface area contributed by atoms with E-state index in [-0.39, 0.29) is 5.91 Å². The Morgan fingerprint density at radius 3 is 2.60 bits per heavy atom. The predicted octanol–water partition coefficient (Wildman–Crippen LogP) is 2.22. The van der Waals surface area contributed by atoms with Crippen LogP contribution in [-0.2, 0) is 16.5 Å². The molecule has 3 aromatic rings. The highest BCUT2D eigenvalue weighted by Gasteiger charge is 2.23. The molecule has 25 heavy (non-hydrogen) atoms. The number of hydrogen-bond acceptors (Lipinski definition) is 3. The van der Waals surface area contributed by atoms with Crippen molar-refractivity contribution in [1.82, 2.24) is 14.9 Å². The summed E-state index contributed by atoms with van der Waals surface area (Å²) in [7, 11) is -2.33. The maximum absolute atomic E-state index is 13.9. The molecule has 2 aromatic carbocycles. The molecule has 7 heteroatoms. The maximum Gasteiger partial charge on any atom is 0.253 e. The van der Waals surface area contributed by atoms with E-state index in [0.717, 1.165) is 10.5 Å². The van der Waals surface area contributed by atoms with Crippen molar-refractivity contribution in [1.29, 1.82) is 0 Å². The van der Waals surface area contributed by atoms with Gasteiger partial charge >= 0.3 is 0 Å². The summed E-state index contributed by atoms with van der Waals surface area (Å²) in [4.78, 5) is 17.6. The molecule has 0 unspecified atom stereocenters. The summed E-state index contributed by atoms with van der Waals surface area (Å²) in [6.07, 6.45) is 3.46. The number of benzene rings is 2. The van der Waals surface area contributed by atoms with Crippen molar-refractivity contribution < 1.29 is 13.4 Å². The molecule has 0 fully saturated rings. The lowest BCUT2D eigenvalue weighted by Crippen LogP contribution is -2.24. The van der Waals surface area contributed by atoms with Gasteiger partial charge in [-0.3, -0.25) is 9.00 Å². The second-order valence-electron chi connectivity index (χ2n) is 6.56. The Bertz CT molecular complexity index is 1050. The first-order chi connectivity index (χ1) is 11.8. The summed E-state index contributed by atoms with van der Waals surface area (Å²) in [5.74, 6) is -0.0982. The number of carbonyl (C=O) groups excluding carboxylic acids is 1. The van der Waals surface area contributed by atoms with Crippen LogP contribution in [0.3, 0.4) is 0 Å². The van der Waals surface area contributed by atoms with Crippen LogP contribution in [0.2, 0.25) is 0 Å². The zero-order valence-electron chi connectivity index (χ0n) is 13.9. The minimum absolute atomic E-state index is 0.289. The zero-order chi connectivity index (χ0) is 17.8. The zero-order valence-corrected chi connectivity index (χ0v) is 14.8. The summed E-state index contributed by atoms with van der Waals surface area (Å²) in [5.41, 5.74) is 2.25. The van der Waals surface area contributed by atoms with Gasteiger partial charge in [-0.25, -0.2) is 9.37 Å². The highest BCUT2D eigenvalue weighted by molar-refractivity contribution is 8.01. The summed E-state index contributed by atoms with van der Waals surface area (Å²) >= 11 is 0.